The molecular formula is C26H33BrN2O2S. The van der Waals surface area contributed by atoms with E-state index >= 15 is 0 Å². The highest BCUT2D eigenvalue weighted by molar-refractivity contribution is 9.10. The summed E-state index contributed by atoms with van der Waals surface area (Å²) < 4.78 is 1.05. The lowest BCUT2D eigenvalue weighted by Gasteiger charge is -2.31. The van der Waals surface area contributed by atoms with Crippen LogP contribution in [0, 0.1) is 6.92 Å². The molecule has 0 saturated heterocycles. The van der Waals surface area contributed by atoms with Crippen LogP contribution in [0.3, 0.4) is 0 Å². The third-order valence-corrected chi connectivity index (χ3v) is 7.45. The fourth-order valence-electron chi connectivity index (χ4n) is 4.21. The number of carbonyl (C=O) groups excluding carboxylic acids is 2. The van der Waals surface area contributed by atoms with Gasteiger partial charge in [-0.1, -0.05) is 77.7 Å². The number of amides is 2. The maximum Gasteiger partial charge on any atom is 0.243 e. The standard InChI is InChI=1S/C26H33BrN2O2S/c1-3-24(26(31)28-23-9-4-5-10-23)29(16-21-8-6-7-19(2)15-21)25(30)18-32-17-20-11-13-22(27)14-12-20/h6-8,11-15,23-24H,3-5,9-10,16-18H2,1-2H3,(H,28,31)/t24-/m0/s1. The van der Waals surface area contributed by atoms with Crippen molar-refractivity contribution >= 4 is 39.5 Å². The van der Waals surface area contributed by atoms with Gasteiger partial charge in [0, 0.05) is 22.8 Å². The molecule has 1 atom stereocenters. The Morgan fingerprint density at radius 1 is 1.12 bits per heavy atom. The van der Waals surface area contributed by atoms with Gasteiger partial charge in [0.15, 0.2) is 0 Å². The first kappa shape index (κ1) is 24.8. The number of thioether (sulfide) groups is 1. The maximum atomic E-state index is 13.3. The van der Waals surface area contributed by atoms with Gasteiger partial charge in [-0.2, -0.15) is 0 Å². The van der Waals surface area contributed by atoms with Crippen LogP contribution in [0.4, 0.5) is 0 Å². The lowest BCUT2D eigenvalue weighted by atomic mass is 10.1. The van der Waals surface area contributed by atoms with Crippen LogP contribution in [-0.2, 0) is 21.9 Å². The molecule has 0 radical (unpaired) electrons. The Kier molecular flexibility index (Phi) is 9.67. The van der Waals surface area contributed by atoms with E-state index in [1.165, 1.54) is 18.4 Å². The average molecular weight is 518 g/mol. The van der Waals surface area contributed by atoms with Crippen molar-refractivity contribution in [2.45, 2.75) is 70.3 Å². The van der Waals surface area contributed by atoms with Gasteiger partial charge in [-0.25, -0.2) is 0 Å². The first-order valence-corrected chi connectivity index (χ1v) is 13.4. The molecule has 2 amide bonds. The van der Waals surface area contributed by atoms with Crippen molar-refractivity contribution in [2.75, 3.05) is 5.75 Å². The summed E-state index contributed by atoms with van der Waals surface area (Å²) in [5, 5.41) is 3.21. The molecule has 1 aliphatic rings. The van der Waals surface area contributed by atoms with Crippen LogP contribution in [0.25, 0.3) is 0 Å². The van der Waals surface area contributed by atoms with E-state index in [9.17, 15) is 9.59 Å². The number of carbonyl (C=O) groups is 2. The highest BCUT2D eigenvalue weighted by Gasteiger charge is 2.30. The van der Waals surface area contributed by atoms with Gasteiger partial charge in [0.25, 0.3) is 0 Å². The zero-order chi connectivity index (χ0) is 22.9. The zero-order valence-electron chi connectivity index (χ0n) is 19.0. The molecule has 3 rings (SSSR count). The normalized spacial score (nSPS) is 14.8. The molecular weight excluding hydrogens is 484 g/mol. The van der Waals surface area contributed by atoms with Crippen molar-refractivity contribution in [3.05, 3.63) is 69.7 Å². The van der Waals surface area contributed by atoms with Gasteiger partial charge < -0.3 is 10.2 Å². The third-order valence-electron chi connectivity index (χ3n) is 5.93. The van der Waals surface area contributed by atoms with Gasteiger partial charge in [-0.15, -0.1) is 11.8 Å². The predicted molar refractivity (Wildman–Crippen MR) is 137 cm³/mol. The van der Waals surface area contributed by atoms with E-state index in [4.69, 9.17) is 0 Å². The molecule has 0 unspecified atom stereocenters. The summed E-state index contributed by atoms with van der Waals surface area (Å²) in [6, 6.07) is 16.1. The van der Waals surface area contributed by atoms with Gasteiger partial charge in [-0.05, 0) is 49.4 Å². The lowest BCUT2D eigenvalue weighted by molar-refractivity contribution is -0.139. The number of hydrogen-bond donors (Lipinski definition) is 1. The average Bonchev–Trinajstić information content (AvgIpc) is 3.28. The van der Waals surface area contributed by atoms with Gasteiger partial charge >= 0.3 is 0 Å². The molecule has 32 heavy (non-hydrogen) atoms. The minimum absolute atomic E-state index is 0.0155. The fourth-order valence-corrected chi connectivity index (χ4v) is 5.35. The minimum Gasteiger partial charge on any atom is -0.352 e. The summed E-state index contributed by atoms with van der Waals surface area (Å²) in [5.41, 5.74) is 3.40. The van der Waals surface area contributed by atoms with Crippen LogP contribution in [0.5, 0.6) is 0 Å². The molecule has 2 aromatic carbocycles. The van der Waals surface area contributed by atoms with Crippen LogP contribution in [-0.4, -0.2) is 34.6 Å². The number of nitrogens with one attached hydrogen (secondary N) is 1. The smallest absolute Gasteiger partial charge is 0.243 e. The van der Waals surface area contributed by atoms with Gasteiger partial charge in [0.1, 0.15) is 6.04 Å². The second-order valence-corrected chi connectivity index (χ2v) is 10.4. The number of halogens is 1. The lowest BCUT2D eigenvalue weighted by Crippen LogP contribution is -2.51. The SMILES string of the molecule is CC[C@@H](C(=O)NC1CCCC1)N(Cc1cccc(C)c1)C(=O)CSCc1ccc(Br)cc1. The molecule has 1 fully saturated rings. The van der Waals surface area contributed by atoms with Crippen LogP contribution in [0.15, 0.2) is 53.0 Å². The second-order valence-electron chi connectivity index (χ2n) is 8.54. The molecule has 0 aromatic heterocycles. The second kappa shape index (κ2) is 12.4. The molecule has 6 heteroatoms. The van der Waals surface area contributed by atoms with Gasteiger partial charge in [0.05, 0.1) is 5.75 Å². The van der Waals surface area contributed by atoms with Crippen molar-refractivity contribution in [3.63, 3.8) is 0 Å². The van der Waals surface area contributed by atoms with Crippen LogP contribution < -0.4 is 5.32 Å². The summed E-state index contributed by atoms with van der Waals surface area (Å²) in [6.45, 7) is 4.49. The van der Waals surface area contributed by atoms with Crippen molar-refractivity contribution in [1.29, 1.82) is 0 Å². The number of benzene rings is 2. The fraction of sp³-hybridized carbons (Fsp3) is 0.462. The van der Waals surface area contributed by atoms with E-state index in [1.54, 1.807) is 16.7 Å². The molecule has 1 saturated carbocycles. The number of nitrogens with zero attached hydrogens (tertiary/aromatic N) is 1. The minimum atomic E-state index is -0.447. The summed E-state index contributed by atoms with van der Waals surface area (Å²) in [5.74, 6) is 1.12. The van der Waals surface area contributed by atoms with E-state index < -0.39 is 6.04 Å². The van der Waals surface area contributed by atoms with E-state index in [-0.39, 0.29) is 17.9 Å². The van der Waals surface area contributed by atoms with Gasteiger partial charge in [0.2, 0.25) is 11.8 Å². The molecule has 0 aliphatic heterocycles. The summed E-state index contributed by atoms with van der Waals surface area (Å²) in [4.78, 5) is 28.3. The first-order valence-electron chi connectivity index (χ1n) is 11.4. The Labute approximate surface area is 204 Å². The van der Waals surface area contributed by atoms with Crippen molar-refractivity contribution in [3.8, 4) is 0 Å². The van der Waals surface area contributed by atoms with Crippen molar-refractivity contribution in [1.82, 2.24) is 10.2 Å². The molecule has 1 aliphatic carbocycles. The topological polar surface area (TPSA) is 49.4 Å². The predicted octanol–water partition coefficient (Wildman–Crippen LogP) is 5.86. The molecule has 0 spiro atoms. The summed E-state index contributed by atoms with van der Waals surface area (Å²) in [7, 11) is 0. The van der Waals surface area contributed by atoms with Crippen LogP contribution in [0.2, 0.25) is 0 Å². The molecule has 0 heterocycles. The Balaban J connectivity index is 1.69. The zero-order valence-corrected chi connectivity index (χ0v) is 21.4. The van der Waals surface area contributed by atoms with Crippen LogP contribution in [0.1, 0.15) is 55.7 Å². The number of rotatable bonds is 10. The Morgan fingerprint density at radius 3 is 2.50 bits per heavy atom. The maximum absolute atomic E-state index is 13.3. The highest BCUT2D eigenvalue weighted by Crippen LogP contribution is 2.21. The van der Waals surface area contributed by atoms with E-state index in [0.29, 0.717) is 18.7 Å². The van der Waals surface area contributed by atoms with E-state index in [0.717, 1.165) is 34.2 Å². The highest BCUT2D eigenvalue weighted by atomic mass is 79.9. The molecule has 172 valence electrons. The Morgan fingerprint density at radius 2 is 1.84 bits per heavy atom. The van der Waals surface area contributed by atoms with Crippen molar-refractivity contribution in [2.24, 2.45) is 0 Å². The summed E-state index contributed by atoms with van der Waals surface area (Å²) in [6.07, 6.45) is 5.02. The third kappa shape index (κ3) is 7.38. The Bertz CT molecular complexity index is 897. The van der Waals surface area contributed by atoms with Crippen LogP contribution >= 0.6 is 27.7 Å². The first-order chi connectivity index (χ1) is 15.5. The molecule has 1 N–H and O–H groups in total. The van der Waals surface area contributed by atoms with E-state index in [1.807, 2.05) is 44.2 Å². The quantitative estimate of drug-likeness (QED) is 0.430. The summed E-state index contributed by atoms with van der Waals surface area (Å²) >= 11 is 5.05. The molecule has 4 nitrogen and oxygen atoms in total. The monoisotopic (exact) mass is 516 g/mol. The Hall–Kier alpha value is -1.79. The number of hydrogen-bond acceptors (Lipinski definition) is 3. The van der Waals surface area contributed by atoms with Gasteiger partial charge in [-0.3, -0.25) is 9.59 Å². The largest absolute Gasteiger partial charge is 0.352 e. The molecule has 2 aromatic rings. The number of aryl methyl sites for hydroxylation is 1. The van der Waals surface area contributed by atoms with Crippen molar-refractivity contribution < 1.29 is 9.59 Å². The van der Waals surface area contributed by atoms with E-state index in [2.05, 4.69) is 39.4 Å². The molecule has 0 bridgehead atoms.